The van der Waals surface area contributed by atoms with E-state index in [0.717, 1.165) is 4.90 Å². The quantitative estimate of drug-likeness (QED) is 0.694. The Balaban J connectivity index is 2.47. The third kappa shape index (κ3) is 4.38. The van der Waals surface area contributed by atoms with Crippen molar-refractivity contribution in [2.75, 3.05) is 13.1 Å². The van der Waals surface area contributed by atoms with Crippen LogP contribution in [0.2, 0.25) is 0 Å². The minimum absolute atomic E-state index is 0.00899. The van der Waals surface area contributed by atoms with E-state index in [-0.39, 0.29) is 25.4 Å². The minimum Gasteiger partial charge on any atom is -0.480 e. The number of nitrogens with zero attached hydrogens (tertiary/aromatic N) is 3. The maximum absolute atomic E-state index is 11.7. The van der Waals surface area contributed by atoms with Crippen LogP contribution in [0.1, 0.15) is 6.42 Å². The van der Waals surface area contributed by atoms with Crippen molar-refractivity contribution in [3.63, 3.8) is 0 Å². The van der Waals surface area contributed by atoms with Crippen molar-refractivity contribution in [2.24, 2.45) is 0 Å². The molecule has 1 amide bonds. The lowest BCUT2D eigenvalue weighted by Gasteiger charge is -2.17. The molecule has 90 valence electrons. The van der Waals surface area contributed by atoms with Gasteiger partial charge in [0.1, 0.15) is 6.54 Å². The number of aryl methyl sites for hydroxylation is 1. The number of carbonyl (C=O) groups excluding carboxylic acids is 1. The van der Waals surface area contributed by atoms with Crippen molar-refractivity contribution in [1.29, 1.82) is 0 Å². The van der Waals surface area contributed by atoms with E-state index in [9.17, 15) is 9.59 Å². The number of carboxylic acid groups (broad SMARTS) is 1. The molecule has 1 aromatic heterocycles. The Morgan fingerprint density at radius 1 is 1.53 bits per heavy atom. The summed E-state index contributed by atoms with van der Waals surface area (Å²) in [5, 5.41) is 8.63. The van der Waals surface area contributed by atoms with Gasteiger partial charge in [-0.25, -0.2) is 4.98 Å². The average Bonchev–Trinajstić information content (AvgIpc) is 2.77. The summed E-state index contributed by atoms with van der Waals surface area (Å²) in [5.74, 6) is 0.918. The van der Waals surface area contributed by atoms with E-state index in [1.807, 2.05) is 0 Å². The van der Waals surface area contributed by atoms with Crippen LogP contribution in [0, 0.1) is 12.3 Å². The summed E-state index contributed by atoms with van der Waals surface area (Å²) in [6, 6.07) is 0. The van der Waals surface area contributed by atoms with Crippen LogP contribution in [-0.4, -0.2) is 44.5 Å². The van der Waals surface area contributed by atoms with Gasteiger partial charge in [0, 0.05) is 25.4 Å². The zero-order chi connectivity index (χ0) is 12.7. The molecule has 1 heterocycles. The van der Waals surface area contributed by atoms with Crippen LogP contribution in [0.3, 0.4) is 0 Å². The van der Waals surface area contributed by atoms with Crippen molar-refractivity contribution in [2.45, 2.75) is 13.0 Å². The van der Waals surface area contributed by atoms with Gasteiger partial charge in [-0.3, -0.25) is 9.59 Å². The van der Waals surface area contributed by atoms with Crippen LogP contribution in [0.25, 0.3) is 0 Å². The first-order chi connectivity index (χ1) is 8.13. The molecule has 0 fully saturated rings. The van der Waals surface area contributed by atoms with Gasteiger partial charge in [0.2, 0.25) is 5.91 Å². The van der Waals surface area contributed by atoms with Gasteiger partial charge in [0.15, 0.2) is 0 Å². The van der Waals surface area contributed by atoms with Crippen LogP contribution in [0.15, 0.2) is 18.7 Å². The second kappa shape index (κ2) is 6.33. The second-order valence-electron chi connectivity index (χ2n) is 3.40. The van der Waals surface area contributed by atoms with Crippen LogP contribution in [0.5, 0.6) is 0 Å². The van der Waals surface area contributed by atoms with Crippen LogP contribution < -0.4 is 0 Å². The van der Waals surface area contributed by atoms with Crippen molar-refractivity contribution >= 4 is 11.9 Å². The SMILES string of the molecule is C#CCN(CC(=O)O)C(=O)CCn1ccnc1. The highest BCUT2D eigenvalue weighted by molar-refractivity contribution is 5.81. The number of terminal acetylenes is 1. The van der Waals surface area contributed by atoms with E-state index >= 15 is 0 Å². The van der Waals surface area contributed by atoms with Crippen molar-refractivity contribution < 1.29 is 14.7 Å². The summed E-state index contributed by atoms with van der Waals surface area (Å²) in [6.07, 6.45) is 10.2. The molecule has 1 aromatic rings. The summed E-state index contributed by atoms with van der Waals surface area (Å²) in [7, 11) is 0. The number of aromatic nitrogens is 2. The molecule has 0 saturated heterocycles. The van der Waals surface area contributed by atoms with Crippen molar-refractivity contribution in [3.8, 4) is 12.3 Å². The highest BCUT2D eigenvalue weighted by atomic mass is 16.4. The molecule has 6 nitrogen and oxygen atoms in total. The molecule has 0 radical (unpaired) electrons. The predicted molar refractivity (Wildman–Crippen MR) is 59.9 cm³/mol. The normalized spacial score (nSPS) is 9.59. The number of imidazole rings is 1. The topological polar surface area (TPSA) is 75.4 Å². The third-order valence-electron chi connectivity index (χ3n) is 2.10. The summed E-state index contributed by atoms with van der Waals surface area (Å²) < 4.78 is 1.74. The monoisotopic (exact) mass is 235 g/mol. The number of carboxylic acids is 1. The van der Waals surface area contributed by atoms with Gasteiger partial charge in [0.05, 0.1) is 12.9 Å². The molecule has 0 unspecified atom stereocenters. The smallest absolute Gasteiger partial charge is 0.323 e. The fourth-order valence-corrected chi connectivity index (χ4v) is 1.31. The molecule has 0 spiro atoms. The Morgan fingerprint density at radius 2 is 2.29 bits per heavy atom. The molecule has 0 aliphatic carbocycles. The lowest BCUT2D eigenvalue weighted by atomic mass is 10.3. The average molecular weight is 235 g/mol. The van der Waals surface area contributed by atoms with E-state index in [2.05, 4.69) is 10.9 Å². The Labute approximate surface area is 98.9 Å². The molecule has 1 N–H and O–H groups in total. The minimum atomic E-state index is -1.07. The fraction of sp³-hybridized carbons (Fsp3) is 0.364. The molecule has 0 saturated carbocycles. The van der Waals surface area contributed by atoms with E-state index in [1.54, 1.807) is 23.3 Å². The maximum atomic E-state index is 11.7. The zero-order valence-electron chi connectivity index (χ0n) is 9.24. The molecular formula is C11H13N3O3. The number of hydrogen-bond donors (Lipinski definition) is 1. The predicted octanol–water partition coefficient (Wildman–Crippen LogP) is -0.180. The van der Waals surface area contributed by atoms with Crippen LogP contribution in [-0.2, 0) is 16.1 Å². The lowest BCUT2D eigenvalue weighted by molar-refractivity contribution is -0.144. The van der Waals surface area contributed by atoms with Crippen LogP contribution >= 0.6 is 0 Å². The van der Waals surface area contributed by atoms with Gasteiger partial charge in [-0.1, -0.05) is 5.92 Å². The number of hydrogen-bond acceptors (Lipinski definition) is 3. The van der Waals surface area contributed by atoms with Crippen molar-refractivity contribution in [1.82, 2.24) is 14.5 Å². The standard InChI is InChI=1S/C11H13N3O3/c1-2-5-14(8-11(16)17)10(15)3-6-13-7-4-12-9-13/h1,4,7,9H,3,5-6,8H2,(H,16,17). The summed E-state index contributed by atoms with van der Waals surface area (Å²) in [6.45, 7) is 0.0988. The van der Waals surface area contributed by atoms with E-state index < -0.39 is 5.97 Å². The molecule has 1 rings (SSSR count). The van der Waals surface area contributed by atoms with Gasteiger partial charge in [-0.15, -0.1) is 6.42 Å². The third-order valence-corrected chi connectivity index (χ3v) is 2.10. The van der Waals surface area contributed by atoms with Gasteiger partial charge in [0.25, 0.3) is 0 Å². The highest BCUT2D eigenvalue weighted by Crippen LogP contribution is 1.97. The fourth-order valence-electron chi connectivity index (χ4n) is 1.31. The van der Waals surface area contributed by atoms with E-state index in [0.29, 0.717) is 6.54 Å². The summed E-state index contributed by atoms with van der Waals surface area (Å²) in [4.78, 5) is 27.2. The first-order valence-electron chi connectivity index (χ1n) is 5.02. The molecule has 0 aromatic carbocycles. The largest absolute Gasteiger partial charge is 0.480 e. The Morgan fingerprint density at radius 3 is 2.82 bits per heavy atom. The molecular weight excluding hydrogens is 222 g/mol. The van der Waals surface area contributed by atoms with Crippen molar-refractivity contribution in [3.05, 3.63) is 18.7 Å². The van der Waals surface area contributed by atoms with E-state index in [1.165, 1.54) is 0 Å². The molecule has 0 atom stereocenters. The number of aliphatic carboxylic acids is 1. The highest BCUT2D eigenvalue weighted by Gasteiger charge is 2.15. The Bertz CT molecular complexity index is 420. The van der Waals surface area contributed by atoms with Gasteiger partial charge >= 0.3 is 5.97 Å². The maximum Gasteiger partial charge on any atom is 0.323 e. The molecule has 0 bridgehead atoms. The van der Waals surface area contributed by atoms with Crippen LogP contribution in [0.4, 0.5) is 0 Å². The molecule has 0 aliphatic heterocycles. The molecule has 0 aliphatic rings. The van der Waals surface area contributed by atoms with Gasteiger partial charge in [-0.2, -0.15) is 0 Å². The number of carbonyl (C=O) groups is 2. The lowest BCUT2D eigenvalue weighted by Crippen LogP contribution is -2.36. The molecule has 17 heavy (non-hydrogen) atoms. The number of rotatable bonds is 6. The zero-order valence-corrected chi connectivity index (χ0v) is 9.24. The van der Waals surface area contributed by atoms with E-state index in [4.69, 9.17) is 11.5 Å². The summed E-state index contributed by atoms with van der Waals surface area (Å²) >= 11 is 0. The molecule has 6 heteroatoms. The Kier molecular flexibility index (Phi) is 4.76. The first kappa shape index (κ1) is 12.8. The van der Waals surface area contributed by atoms with Gasteiger partial charge < -0.3 is 14.6 Å². The number of amides is 1. The van der Waals surface area contributed by atoms with Gasteiger partial charge in [-0.05, 0) is 0 Å². The summed E-state index contributed by atoms with van der Waals surface area (Å²) in [5.41, 5.74) is 0. The second-order valence-corrected chi connectivity index (χ2v) is 3.40. The first-order valence-corrected chi connectivity index (χ1v) is 5.02. The Hall–Kier alpha value is -2.29.